The first-order valence-electron chi connectivity index (χ1n) is 9.06. The highest BCUT2D eigenvalue weighted by Gasteiger charge is 2.25. The van der Waals surface area contributed by atoms with Crippen LogP contribution in [0.2, 0.25) is 0 Å². The van der Waals surface area contributed by atoms with Gasteiger partial charge in [-0.3, -0.25) is 0 Å². The maximum atomic E-state index is 3.74. The van der Waals surface area contributed by atoms with Crippen LogP contribution in [0.3, 0.4) is 0 Å². The van der Waals surface area contributed by atoms with Gasteiger partial charge in [0.05, 0.1) is 0 Å². The lowest BCUT2D eigenvalue weighted by atomic mass is 9.86. The van der Waals surface area contributed by atoms with E-state index in [-0.39, 0.29) is 0 Å². The smallest absolute Gasteiger partial charge is 0.0243 e. The minimum Gasteiger partial charge on any atom is -0.312 e. The van der Waals surface area contributed by atoms with E-state index in [1.165, 1.54) is 39.0 Å². The van der Waals surface area contributed by atoms with Gasteiger partial charge in [-0.25, -0.2) is 0 Å². The van der Waals surface area contributed by atoms with Crippen molar-refractivity contribution in [1.29, 1.82) is 0 Å². The van der Waals surface area contributed by atoms with E-state index in [1.807, 2.05) is 0 Å². The molecule has 1 N–H and O–H groups in total. The van der Waals surface area contributed by atoms with E-state index in [1.54, 1.807) is 0 Å². The van der Waals surface area contributed by atoms with E-state index >= 15 is 0 Å². The van der Waals surface area contributed by atoms with E-state index in [4.69, 9.17) is 0 Å². The average molecular weight is 300 g/mol. The van der Waals surface area contributed by atoms with Crippen LogP contribution >= 0.6 is 0 Å². The zero-order chi connectivity index (χ0) is 16.3. The number of nitrogens with zero attached hydrogens (tertiary/aromatic N) is 2. The van der Waals surface area contributed by atoms with Crippen molar-refractivity contribution in [2.24, 2.45) is 5.41 Å². The molecule has 0 aliphatic carbocycles. The molecule has 0 aliphatic heterocycles. The summed E-state index contributed by atoms with van der Waals surface area (Å²) in [5, 5.41) is 3.74. The SMILES string of the molecule is CCCNC(CN(CC)CCCN(CC)CC)C(C)(C)C. The van der Waals surface area contributed by atoms with E-state index in [0.717, 1.165) is 19.6 Å². The van der Waals surface area contributed by atoms with Crippen LogP contribution in [0.1, 0.15) is 61.3 Å². The fourth-order valence-electron chi connectivity index (χ4n) is 2.66. The molecule has 3 nitrogen and oxygen atoms in total. The summed E-state index contributed by atoms with van der Waals surface area (Å²) in [5.41, 5.74) is 0.321. The van der Waals surface area contributed by atoms with Crippen molar-refractivity contribution in [2.75, 3.05) is 45.8 Å². The highest BCUT2D eigenvalue weighted by Crippen LogP contribution is 2.20. The summed E-state index contributed by atoms with van der Waals surface area (Å²) in [5.74, 6) is 0. The molecule has 0 bridgehead atoms. The Hall–Kier alpha value is -0.120. The molecule has 0 aromatic carbocycles. The van der Waals surface area contributed by atoms with E-state index in [9.17, 15) is 0 Å². The monoisotopic (exact) mass is 299 g/mol. The molecule has 0 saturated carbocycles. The van der Waals surface area contributed by atoms with E-state index in [0.29, 0.717) is 11.5 Å². The van der Waals surface area contributed by atoms with Crippen LogP contribution in [-0.2, 0) is 0 Å². The summed E-state index contributed by atoms with van der Waals surface area (Å²) in [6.07, 6.45) is 2.49. The molecule has 128 valence electrons. The van der Waals surface area contributed by atoms with Gasteiger partial charge in [0, 0.05) is 12.6 Å². The minimum atomic E-state index is 0.321. The first kappa shape index (κ1) is 20.9. The Kier molecular flexibility index (Phi) is 11.4. The van der Waals surface area contributed by atoms with Gasteiger partial charge in [0.25, 0.3) is 0 Å². The molecule has 1 atom stereocenters. The third-order valence-corrected chi connectivity index (χ3v) is 4.42. The third-order valence-electron chi connectivity index (χ3n) is 4.42. The van der Waals surface area contributed by atoms with Gasteiger partial charge >= 0.3 is 0 Å². The number of rotatable bonds is 12. The first-order chi connectivity index (χ1) is 9.88. The largest absolute Gasteiger partial charge is 0.312 e. The Labute approximate surface area is 134 Å². The maximum absolute atomic E-state index is 3.74. The van der Waals surface area contributed by atoms with Crippen molar-refractivity contribution < 1.29 is 0 Å². The predicted molar refractivity (Wildman–Crippen MR) is 96.1 cm³/mol. The van der Waals surface area contributed by atoms with Gasteiger partial charge in [-0.05, 0) is 57.5 Å². The molecule has 21 heavy (non-hydrogen) atoms. The summed E-state index contributed by atoms with van der Waals surface area (Å²) in [4.78, 5) is 5.13. The summed E-state index contributed by atoms with van der Waals surface area (Å²) in [6, 6.07) is 0.575. The van der Waals surface area contributed by atoms with Gasteiger partial charge in [-0.1, -0.05) is 48.5 Å². The van der Waals surface area contributed by atoms with Crippen LogP contribution in [0.25, 0.3) is 0 Å². The van der Waals surface area contributed by atoms with Crippen LogP contribution < -0.4 is 5.32 Å². The Balaban J connectivity index is 4.29. The molecule has 3 heteroatoms. The summed E-state index contributed by atoms with van der Waals surface area (Å²) in [6.45, 7) is 24.3. The van der Waals surface area contributed by atoms with Gasteiger partial charge in [-0.2, -0.15) is 0 Å². The summed E-state index contributed by atoms with van der Waals surface area (Å²) < 4.78 is 0. The third kappa shape index (κ3) is 9.49. The van der Waals surface area contributed by atoms with Gasteiger partial charge in [0.2, 0.25) is 0 Å². The Morgan fingerprint density at radius 1 is 0.857 bits per heavy atom. The zero-order valence-electron chi connectivity index (χ0n) is 15.8. The molecule has 0 heterocycles. The average Bonchev–Trinajstić information content (AvgIpc) is 2.44. The van der Waals surface area contributed by atoms with Gasteiger partial charge < -0.3 is 15.1 Å². The second kappa shape index (κ2) is 11.4. The molecule has 0 amide bonds. The fraction of sp³-hybridized carbons (Fsp3) is 1.00. The summed E-state index contributed by atoms with van der Waals surface area (Å²) >= 11 is 0. The lowest BCUT2D eigenvalue weighted by Gasteiger charge is -2.36. The highest BCUT2D eigenvalue weighted by molar-refractivity contribution is 4.83. The Bertz CT molecular complexity index is 231. The molecule has 0 radical (unpaired) electrons. The molecule has 0 aliphatic rings. The quantitative estimate of drug-likeness (QED) is 0.595. The summed E-state index contributed by atoms with van der Waals surface area (Å²) in [7, 11) is 0. The molecule has 0 aromatic rings. The van der Waals surface area contributed by atoms with Crippen molar-refractivity contribution in [3.63, 3.8) is 0 Å². The van der Waals surface area contributed by atoms with Crippen molar-refractivity contribution in [3.05, 3.63) is 0 Å². The topological polar surface area (TPSA) is 18.5 Å². The first-order valence-corrected chi connectivity index (χ1v) is 9.06. The standard InChI is InChI=1S/C18H41N3/c1-8-13-19-17(18(5,6)7)16-21(11-4)15-12-14-20(9-2)10-3/h17,19H,8-16H2,1-7H3. The lowest BCUT2D eigenvalue weighted by Crippen LogP contribution is -2.49. The Morgan fingerprint density at radius 3 is 1.81 bits per heavy atom. The predicted octanol–water partition coefficient (Wildman–Crippen LogP) is 3.45. The highest BCUT2D eigenvalue weighted by atomic mass is 15.2. The molecule has 0 spiro atoms. The normalized spacial score (nSPS) is 14.1. The van der Waals surface area contributed by atoms with Gasteiger partial charge in [0.15, 0.2) is 0 Å². The van der Waals surface area contributed by atoms with Crippen molar-refractivity contribution in [2.45, 2.75) is 67.3 Å². The molecule has 1 unspecified atom stereocenters. The van der Waals surface area contributed by atoms with Gasteiger partial charge in [0.1, 0.15) is 0 Å². The number of hydrogen-bond acceptors (Lipinski definition) is 3. The molecule has 0 fully saturated rings. The molecule has 0 saturated heterocycles. The van der Waals surface area contributed by atoms with Crippen LogP contribution in [0.4, 0.5) is 0 Å². The molecule has 0 rings (SSSR count). The number of hydrogen-bond donors (Lipinski definition) is 1. The second-order valence-electron chi connectivity index (χ2n) is 7.15. The molecular formula is C18H41N3. The fourth-order valence-corrected chi connectivity index (χ4v) is 2.66. The van der Waals surface area contributed by atoms with Crippen LogP contribution in [0, 0.1) is 5.41 Å². The van der Waals surface area contributed by atoms with Crippen LogP contribution in [-0.4, -0.2) is 61.7 Å². The lowest BCUT2D eigenvalue weighted by molar-refractivity contribution is 0.170. The van der Waals surface area contributed by atoms with Crippen LogP contribution in [0.15, 0.2) is 0 Å². The second-order valence-corrected chi connectivity index (χ2v) is 7.15. The van der Waals surface area contributed by atoms with E-state index < -0.39 is 0 Å². The van der Waals surface area contributed by atoms with Gasteiger partial charge in [-0.15, -0.1) is 0 Å². The number of likely N-dealkylation sites (N-methyl/N-ethyl adjacent to an activating group) is 1. The van der Waals surface area contributed by atoms with Crippen molar-refractivity contribution in [3.8, 4) is 0 Å². The maximum Gasteiger partial charge on any atom is 0.0243 e. The zero-order valence-corrected chi connectivity index (χ0v) is 15.8. The van der Waals surface area contributed by atoms with Crippen molar-refractivity contribution >= 4 is 0 Å². The molecular weight excluding hydrogens is 258 g/mol. The van der Waals surface area contributed by atoms with Crippen LogP contribution in [0.5, 0.6) is 0 Å². The van der Waals surface area contributed by atoms with Crippen molar-refractivity contribution in [1.82, 2.24) is 15.1 Å². The Morgan fingerprint density at radius 2 is 1.38 bits per heavy atom. The minimum absolute atomic E-state index is 0.321. The number of nitrogens with one attached hydrogen (secondary N) is 1. The van der Waals surface area contributed by atoms with E-state index in [2.05, 4.69) is 63.6 Å². The molecule has 0 aromatic heterocycles.